The molecule has 1 aliphatic heterocycles. The van der Waals surface area contributed by atoms with Gasteiger partial charge in [0.15, 0.2) is 11.5 Å². The highest BCUT2D eigenvalue weighted by Crippen LogP contribution is 2.47. The number of halogens is 2. The number of nitrogens with zero attached hydrogens (tertiary/aromatic N) is 1. The number of amides is 1. The number of methoxy groups -OCH3 is 2. The lowest BCUT2D eigenvalue weighted by Gasteiger charge is -2.26. The van der Waals surface area contributed by atoms with Gasteiger partial charge >= 0.3 is 0 Å². The van der Waals surface area contributed by atoms with Crippen molar-refractivity contribution in [1.82, 2.24) is 4.90 Å². The summed E-state index contributed by atoms with van der Waals surface area (Å²) in [4.78, 5) is 27.8. The zero-order chi connectivity index (χ0) is 26.6. The van der Waals surface area contributed by atoms with E-state index in [1.54, 1.807) is 24.3 Å². The highest BCUT2D eigenvalue weighted by molar-refractivity contribution is 6.47. The SMILES string of the molecule is CCOc1ccc(C2/C(=C(\O)c3cc(Cl)c(OC)c(Cl)c3OC)C(=O)C(=O)N2CCOC(C)C)cc1. The second-order valence-electron chi connectivity index (χ2n) is 8.20. The van der Waals surface area contributed by atoms with E-state index in [0.29, 0.717) is 17.9 Å². The first-order chi connectivity index (χ1) is 17.2. The van der Waals surface area contributed by atoms with E-state index in [4.69, 9.17) is 42.1 Å². The van der Waals surface area contributed by atoms with E-state index < -0.39 is 23.5 Å². The van der Waals surface area contributed by atoms with Crippen molar-refractivity contribution < 1.29 is 33.6 Å². The van der Waals surface area contributed by atoms with Gasteiger partial charge in [0.1, 0.15) is 16.5 Å². The number of likely N-dealkylation sites (tertiary alicyclic amines) is 1. The molecule has 1 aliphatic rings. The van der Waals surface area contributed by atoms with Crippen LogP contribution in [0.1, 0.15) is 37.9 Å². The van der Waals surface area contributed by atoms with Crippen LogP contribution in [0.25, 0.3) is 5.76 Å². The van der Waals surface area contributed by atoms with E-state index in [0.717, 1.165) is 0 Å². The van der Waals surface area contributed by atoms with Crippen LogP contribution in [-0.2, 0) is 14.3 Å². The number of rotatable bonds is 10. The van der Waals surface area contributed by atoms with Gasteiger partial charge in [0.25, 0.3) is 11.7 Å². The third-order valence-corrected chi connectivity index (χ3v) is 6.25. The van der Waals surface area contributed by atoms with E-state index in [1.165, 1.54) is 25.2 Å². The van der Waals surface area contributed by atoms with Crippen LogP contribution in [0.15, 0.2) is 35.9 Å². The maximum Gasteiger partial charge on any atom is 0.295 e. The molecule has 1 N–H and O–H groups in total. The summed E-state index contributed by atoms with van der Waals surface area (Å²) in [7, 11) is 2.75. The van der Waals surface area contributed by atoms with Crippen molar-refractivity contribution in [3.8, 4) is 17.2 Å². The lowest BCUT2D eigenvalue weighted by molar-refractivity contribution is -0.140. The molecule has 0 aliphatic carbocycles. The van der Waals surface area contributed by atoms with Gasteiger partial charge < -0.3 is 29.0 Å². The molecule has 0 aromatic heterocycles. The molecule has 10 heteroatoms. The minimum atomic E-state index is -0.888. The van der Waals surface area contributed by atoms with Gasteiger partial charge in [0.2, 0.25) is 0 Å². The number of hydrogen-bond donors (Lipinski definition) is 1. The van der Waals surface area contributed by atoms with Crippen molar-refractivity contribution in [3.05, 3.63) is 57.1 Å². The van der Waals surface area contributed by atoms with Crippen LogP contribution in [0, 0.1) is 0 Å². The van der Waals surface area contributed by atoms with E-state index in [1.807, 2.05) is 20.8 Å². The molecule has 1 heterocycles. The zero-order valence-corrected chi connectivity index (χ0v) is 22.3. The van der Waals surface area contributed by atoms with Crippen molar-refractivity contribution in [1.29, 1.82) is 0 Å². The van der Waals surface area contributed by atoms with Crippen LogP contribution < -0.4 is 14.2 Å². The maximum absolute atomic E-state index is 13.3. The fourth-order valence-corrected chi connectivity index (χ4v) is 4.74. The van der Waals surface area contributed by atoms with Crippen LogP contribution in [0.5, 0.6) is 17.2 Å². The normalized spacial score (nSPS) is 17.1. The van der Waals surface area contributed by atoms with Gasteiger partial charge in [-0.3, -0.25) is 9.59 Å². The molecule has 1 fully saturated rings. The Hall–Kier alpha value is -2.94. The minimum absolute atomic E-state index is 0.0197. The number of carbonyl (C=O) groups is 2. The Kier molecular flexibility index (Phi) is 9.11. The van der Waals surface area contributed by atoms with E-state index in [9.17, 15) is 14.7 Å². The molecule has 1 saturated heterocycles. The smallest absolute Gasteiger partial charge is 0.295 e. The van der Waals surface area contributed by atoms with Crippen molar-refractivity contribution in [3.63, 3.8) is 0 Å². The Labute approximate surface area is 220 Å². The third-order valence-electron chi connectivity index (χ3n) is 5.62. The van der Waals surface area contributed by atoms with Gasteiger partial charge in [-0.2, -0.15) is 0 Å². The van der Waals surface area contributed by atoms with Crippen LogP contribution in [0.3, 0.4) is 0 Å². The van der Waals surface area contributed by atoms with Gasteiger partial charge in [-0.15, -0.1) is 0 Å². The molecule has 8 nitrogen and oxygen atoms in total. The van der Waals surface area contributed by atoms with Crippen molar-refractivity contribution in [2.24, 2.45) is 0 Å². The third kappa shape index (κ3) is 5.40. The molecule has 2 aromatic carbocycles. The number of ether oxygens (including phenoxy) is 4. The number of ketones is 1. The number of carbonyl (C=O) groups excluding carboxylic acids is 2. The van der Waals surface area contributed by atoms with E-state index in [-0.39, 0.29) is 51.9 Å². The molecule has 1 atom stereocenters. The molecule has 194 valence electrons. The van der Waals surface area contributed by atoms with Crippen molar-refractivity contribution >= 4 is 40.7 Å². The highest BCUT2D eigenvalue weighted by Gasteiger charge is 2.46. The highest BCUT2D eigenvalue weighted by atomic mass is 35.5. The molecule has 36 heavy (non-hydrogen) atoms. The second-order valence-corrected chi connectivity index (χ2v) is 8.99. The molecule has 2 aromatic rings. The first-order valence-electron chi connectivity index (χ1n) is 11.4. The summed E-state index contributed by atoms with van der Waals surface area (Å²) >= 11 is 12.7. The predicted octanol–water partition coefficient (Wildman–Crippen LogP) is 5.26. The summed E-state index contributed by atoms with van der Waals surface area (Å²) < 4.78 is 21.8. The zero-order valence-electron chi connectivity index (χ0n) is 20.8. The lowest BCUT2D eigenvalue weighted by Crippen LogP contribution is -2.33. The molecule has 3 rings (SSSR count). The lowest BCUT2D eigenvalue weighted by atomic mass is 9.95. The number of hydrogen-bond acceptors (Lipinski definition) is 7. The van der Waals surface area contributed by atoms with Crippen LogP contribution in [0.2, 0.25) is 10.0 Å². The summed E-state index contributed by atoms with van der Waals surface area (Å²) in [5.41, 5.74) is 0.540. The second kappa shape index (κ2) is 11.9. The minimum Gasteiger partial charge on any atom is -0.507 e. The van der Waals surface area contributed by atoms with Gasteiger partial charge in [-0.25, -0.2) is 0 Å². The Morgan fingerprint density at radius 1 is 1.08 bits per heavy atom. The quantitative estimate of drug-likeness (QED) is 0.251. The van der Waals surface area contributed by atoms with Crippen molar-refractivity contribution in [2.45, 2.75) is 32.9 Å². The molecule has 1 amide bonds. The van der Waals surface area contributed by atoms with Gasteiger partial charge in [0, 0.05) is 6.54 Å². The summed E-state index contributed by atoms with van der Waals surface area (Å²) in [6.07, 6.45) is -0.0569. The number of aliphatic hydroxyl groups excluding tert-OH is 1. The largest absolute Gasteiger partial charge is 0.507 e. The molecule has 0 spiro atoms. The summed E-state index contributed by atoms with van der Waals surface area (Å²) in [6.45, 7) is 6.46. The number of aliphatic hydroxyl groups is 1. The number of benzene rings is 2. The van der Waals surface area contributed by atoms with Crippen LogP contribution in [0.4, 0.5) is 0 Å². The van der Waals surface area contributed by atoms with Gasteiger partial charge in [0.05, 0.1) is 55.7 Å². The fourth-order valence-electron chi connectivity index (χ4n) is 4.05. The average Bonchev–Trinajstić information content (AvgIpc) is 3.09. The molecule has 0 bridgehead atoms. The van der Waals surface area contributed by atoms with E-state index in [2.05, 4.69) is 0 Å². The summed E-state index contributed by atoms with van der Waals surface area (Å²) in [6, 6.07) is 7.47. The number of Topliss-reactive ketones (excluding diaryl/α,β-unsaturated/α-hetero) is 1. The molecule has 1 unspecified atom stereocenters. The first kappa shape index (κ1) is 27.6. The summed E-state index contributed by atoms with van der Waals surface area (Å²) in [5.74, 6) is -1.23. The monoisotopic (exact) mass is 537 g/mol. The standard InChI is InChI=1S/C26H29Cl2NO7/c1-6-35-16-9-7-15(8-10-16)21-19(23(31)26(32)29(21)11-12-36-14(2)3)22(30)17-13-18(27)25(34-5)20(28)24(17)33-4/h7-10,13-14,21,30H,6,11-12H2,1-5H3/b22-19+. The Morgan fingerprint density at radius 3 is 2.28 bits per heavy atom. The van der Waals surface area contributed by atoms with Gasteiger partial charge in [-0.1, -0.05) is 35.3 Å². The molecule has 0 radical (unpaired) electrons. The maximum atomic E-state index is 13.3. The molecule has 0 saturated carbocycles. The van der Waals surface area contributed by atoms with Crippen LogP contribution in [-0.4, -0.2) is 61.8 Å². The Balaban J connectivity index is 2.20. The Morgan fingerprint density at radius 2 is 1.72 bits per heavy atom. The first-order valence-corrected chi connectivity index (χ1v) is 12.1. The predicted molar refractivity (Wildman–Crippen MR) is 137 cm³/mol. The van der Waals surface area contributed by atoms with E-state index >= 15 is 0 Å². The van der Waals surface area contributed by atoms with Gasteiger partial charge in [-0.05, 0) is 44.5 Å². The molecular formula is C26H29Cl2NO7. The van der Waals surface area contributed by atoms with Crippen LogP contribution >= 0.6 is 23.2 Å². The fraction of sp³-hybridized carbons (Fsp3) is 0.385. The Bertz CT molecular complexity index is 1160. The average molecular weight is 538 g/mol. The summed E-state index contributed by atoms with van der Waals surface area (Å²) in [5, 5.41) is 11.5. The topological polar surface area (TPSA) is 94.5 Å². The molecular weight excluding hydrogens is 509 g/mol. The van der Waals surface area contributed by atoms with Crippen molar-refractivity contribution in [2.75, 3.05) is 34.0 Å².